The number of aryl methyl sites for hydroxylation is 1. The van der Waals surface area contributed by atoms with E-state index >= 15 is 0 Å². The van der Waals surface area contributed by atoms with Gasteiger partial charge in [-0.1, -0.05) is 12.1 Å². The lowest BCUT2D eigenvalue weighted by Crippen LogP contribution is -2.24. The van der Waals surface area contributed by atoms with E-state index in [4.69, 9.17) is 4.42 Å². The first-order chi connectivity index (χ1) is 14.6. The van der Waals surface area contributed by atoms with E-state index in [1.54, 1.807) is 35.4 Å². The maximum Gasteiger partial charge on any atom is 0.220 e. The first kappa shape index (κ1) is 19.4. The standard InChI is InChI=1S/C21H17F2N5O2/c22-15-5-1-6-16(23)20(15)17-13-26-19(30-17)8-7-18(29)25-12-14-4-2-9-24-21(14)28-11-3-10-27-28/h1-6,9-11,13H,7-8,12H2,(H,25,29). The summed E-state index contributed by atoms with van der Waals surface area (Å²) in [5.74, 6) is -0.851. The van der Waals surface area contributed by atoms with Crippen LogP contribution in [0.15, 0.2) is 65.6 Å². The minimum absolute atomic E-state index is 0.0137. The predicted molar refractivity (Wildman–Crippen MR) is 103 cm³/mol. The molecule has 3 aromatic heterocycles. The van der Waals surface area contributed by atoms with E-state index in [-0.39, 0.29) is 42.5 Å². The Labute approximate surface area is 170 Å². The highest BCUT2D eigenvalue weighted by molar-refractivity contribution is 5.76. The fourth-order valence-corrected chi connectivity index (χ4v) is 2.95. The summed E-state index contributed by atoms with van der Waals surface area (Å²) in [6.45, 7) is 0.277. The van der Waals surface area contributed by atoms with Crippen LogP contribution < -0.4 is 5.32 Å². The number of halogens is 2. The van der Waals surface area contributed by atoms with E-state index in [1.165, 1.54) is 12.3 Å². The molecule has 30 heavy (non-hydrogen) atoms. The van der Waals surface area contributed by atoms with Crippen molar-refractivity contribution in [1.29, 1.82) is 0 Å². The van der Waals surface area contributed by atoms with Gasteiger partial charge in [0.1, 0.15) is 11.6 Å². The van der Waals surface area contributed by atoms with E-state index in [1.807, 2.05) is 6.07 Å². The van der Waals surface area contributed by atoms with Gasteiger partial charge in [-0.15, -0.1) is 0 Å². The van der Waals surface area contributed by atoms with Gasteiger partial charge < -0.3 is 9.73 Å². The van der Waals surface area contributed by atoms with Crippen LogP contribution in [0.3, 0.4) is 0 Å². The number of hydrogen-bond acceptors (Lipinski definition) is 5. The van der Waals surface area contributed by atoms with Crippen LogP contribution >= 0.6 is 0 Å². The van der Waals surface area contributed by atoms with E-state index < -0.39 is 11.6 Å². The Balaban J connectivity index is 1.35. The van der Waals surface area contributed by atoms with Gasteiger partial charge in [0.25, 0.3) is 0 Å². The minimum atomic E-state index is -0.736. The van der Waals surface area contributed by atoms with Crippen molar-refractivity contribution in [2.24, 2.45) is 0 Å². The Hall–Kier alpha value is -3.88. The van der Waals surface area contributed by atoms with Gasteiger partial charge in [-0.3, -0.25) is 4.79 Å². The number of carbonyl (C=O) groups is 1. The Bertz CT molecular complexity index is 1140. The number of nitrogens with zero attached hydrogens (tertiary/aromatic N) is 4. The maximum atomic E-state index is 13.9. The van der Waals surface area contributed by atoms with Crippen molar-refractivity contribution in [2.45, 2.75) is 19.4 Å². The molecule has 4 aromatic rings. The van der Waals surface area contributed by atoms with Crippen LogP contribution in [0.1, 0.15) is 17.9 Å². The zero-order valence-electron chi connectivity index (χ0n) is 15.8. The Morgan fingerprint density at radius 1 is 1.07 bits per heavy atom. The van der Waals surface area contributed by atoms with Gasteiger partial charge in [0.05, 0.1) is 11.8 Å². The topological polar surface area (TPSA) is 85.8 Å². The normalized spacial score (nSPS) is 10.9. The van der Waals surface area contributed by atoms with Crippen LogP contribution in [0.5, 0.6) is 0 Å². The average molecular weight is 409 g/mol. The number of oxazole rings is 1. The molecule has 0 radical (unpaired) electrons. The summed E-state index contributed by atoms with van der Waals surface area (Å²) in [5, 5.41) is 6.98. The third-order valence-corrected chi connectivity index (χ3v) is 4.39. The molecule has 4 rings (SSSR count). The molecule has 1 N–H and O–H groups in total. The third kappa shape index (κ3) is 4.24. The number of aromatic nitrogens is 4. The van der Waals surface area contributed by atoms with Gasteiger partial charge in [0.15, 0.2) is 17.5 Å². The lowest BCUT2D eigenvalue weighted by atomic mass is 10.1. The Morgan fingerprint density at radius 2 is 1.90 bits per heavy atom. The number of amides is 1. The molecule has 7 nitrogen and oxygen atoms in total. The highest BCUT2D eigenvalue weighted by atomic mass is 19.1. The SMILES string of the molecule is O=C(CCc1ncc(-c2c(F)cccc2F)o1)NCc1cccnc1-n1cccn1. The first-order valence-corrected chi connectivity index (χ1v) is 9.21. The van der Waals surface area contributed by atoms with Crippen molar-refractivity contribution in [3.63, 3.8) is 0 Å². The number of pyridine rings is 1. The van der Waals surface area contributed by atoms with E-state index in [0.717, 1.165) is 17.7 Å². The van der Waals surface area contributed by atoms with Crippen LogP contribution in [-0.4, -0.2) is 25.7 Å². The molecule has 3 heterocycles. The maximum absolute atomic E-state index is 13.9. The molecule has 0 bridgehead atoms. The van der Waals surface area contributed by atoms with Crippen LogP contribution in [0.4, 0.5) is 8.78 Å². The van der Waals surface area contributed by atoms with Gasteiger partial charge in [-0.2, -0.15) is 5.10 Å². The van der Waals surface area contributed by atoms with Gasteiger partial charge in [0.2, 0.25) is 5.91 Å². The summed E-state index contributed by atoms with van der Waals surface area (Å²) in [6.07, 6.45) is 6.63. The Morgan fingerprint density at radius 3 is 2.67 bits per heavy atom. The molecule has 0 spiro atoms. The van der Waals surface area contributed by atoms with Gasteiger partial charge in [0, 0.05) is 43.5 Å². The van der Waals surface area contributed by atoms with Gasteiger partial charge >= 0.3 is 0 Å². The smallest absolute Gasteiger partial charge is 0.220 e. The second-order valence-corrected chi connectivity index (χ2v) is 6.43. The highest BCUT2D eigenvalue weighted by Gasteiger charge is 2.16. The molecule has 1 aromatic carbocycles. The summed E-state index contributed by atoms with van der Waals surface area (Å²) in [6, 6.07) is 8.98. The lowest BCUT2D eigenvalue weighted by molar-refractivity contribution is -0.121. The Kier molecular flexibility index (Phi) is 5.60. The zero-order chi connectivity index (χ0) is 20.9. The predicted octanol–water partition coefficient (Wildman–Crippen LogP) is 3.45. The molecule has 1 amide bonds. The van der Waals surface area contributed by atoms with Crippen molar-refractivity contribution in [1.82, 2.24) is 25.1 Å². The van der Waals surface area contributed by atoms with Crippen molar-refractivity contribution in [3.05, 3.63) is 84.3 Å². The molecule has 0 aliphatic heterocycles. The van der Waals surface area contributed by atoms with E-state index in [0.29, 0.717) is 5.82 Å². The molecular weight excluding hydrogens is 392 g/mol. The molecule has 0 unspecified atom stereocenters. The van der Waals surface area contributed by atoms with Crippen LogP contribution in [0, 0.1) is 11.6 Å². The fraction of sp³-hybridized carbons (Fsp3) is 0.143. The molecule has 0 aliphatic carbocycles. The molecule has 0 saturated carbocycles. The summed E-state index contributed by atoms with van der Waals surface area (Å²) in [7, 11) is 0. The van der Waals surface area contributed by atoms with Crippen molar-refractivity contribution >= 4 is 5.91 Å². The third-order valence-electron chi connectivity index (χ3n) is 4.39. The number of nitrogens with one attached hydrogen (secondary N) is 1. The summed E-state index contributed by atoms with van der Waals surface area (Å²) in [4.78, 5) is 20.5. The molecule has 0 aliphatic rings. The average Bonchev–Trinajstić information content (AvgIpc) is 3.43. The summed E-state index contributed by atoms with van der Waals surface area (Å²) in [5.41, 5.74) is 0.534. The molecule has 0 saturated heterocycles. The molecule has 0 atom stereocenters. The molecule has 0 fully saturated rings. The first-order valence-electron chi connectivity index (χ1n) is 9.21. The van der Waals surface area contributed by atoms with Crippen LogP contribution in [-0.2, 0) is 17.8 Å². The second-order valence-electron chi connectivity index (χ2n) is 6.43. The van der Waals surface area contributed by atoms with Gasteiger partial charge in [-0.05, 0) is 24.3 Å². The number of benzene rings is 1. The van der Waals surface area contributed by atoms with E-state index in [2.05, 4.69) is 20.4 Å². The van der Waals surface area contributed by atoms with Crippen molar-refractivity contribution in [3.8, 4) is 17.1 Å². The van der Waals surface area contributed by atoms with Crippen molar-refractivity contribution in [2.75, 3.05) is 0 Å². The zero-order valence-corrected chi connectivity index (χ0v) is 15.8. The molecular formula is C21H17F2N5O2. The van der Waals surface area contributed by atoms with Gasteiger partial charge in [-0.25, -0.2) is 23.4 Å². The minimum Gasteiger partial charge on any atom is -0.441 e. The summed E-state index contributed by atoms with van der Waals surface area (Å²) < 4.78 is 34.7. The molecule has 9 heteroatoms. The largest absolute Gasteiger partial charge is 0.441 e. The van der Waals surface area contributed by atoms with Crippen LogP contribution in [0.25, 0.3) is 17.1 Å². The second kappa shape index (κ2) is 8.64. The highest BCUT2D eigenvalue weighted by Crippen LogP contribution is 2.26. The molecule has 152 valence electrons. The number of hydrogen-bond donors (Lipinski definition) is 1. The summed E-state index contributed by atoms with van der Waals surface area (Å²) >= 11 is 0. The number of carbonyl (C=O) groups excluding carboxylic acids is 1. The quantitative estimate of drug-likeness (QED) is 0.505. The van der Waals surface area contributed by atoms with E-state index in [9.17, 15) is 13.6 Å². The fourth-order valence-electron chi connectivity index (χ4n) is 2.95. The van der Waals surface area contributed by atoms with Crippen LogP contribution in [0.2, 0.25) is 0 Å². The lowest BCUT2D eigenvalue weighted by Gasteiger charge is -2.09. The van der Waals surface area contributed by atoms with Crippen molar-refractivity contribution < 1.29 is 18.0 Å². The number of rotatable bonds is 7. The monoisotopic (exact) mass is 409 g/mol.